The molecule has 0 radical (unpaired) electrons. The number of thiophene rings is 1. The Hall–Kier alpha value is -0.430. The molecular weight excluding hydrogens is 304 g/mol. The molecule has 1 saturated heterocycles. The molecule has 1 aromatic heterocycles. The number of nitrogens with zero attached hydrogens (tertiary/aromatic N) is 1. The van der Waals surface area contributed by atoms with Gasteiger partial charge < -0.3 is 5.32 Å². The quantitative estimate of drug-likeness (QED) is 0.924. The number of rotatable bonds is 4. The molecule has 2 fully saturated rings. The molecular formula is C15H24N2O2S2. The summed E-state index contributed by atoms with van der Waals surface area (Å²) >= 11 is 1.59. The summed E-state index contributed by atoms with van der Waals surface area (Å²) in [4.78, 5) is 2.54. The third-order valence-electron chi connectivity index (χ3n) is 4.82. The first-order valence-electron chi connectivity index (χ1n) is 7.80. The van der Waals surface area contributed by atoms with Crippen LogP contribution in [0.3, 0.4) is 0 Å². The Morgan fingerprint density at radius 3 is 2.86 bits per heavy atom. The Bertz CT molecular complexity index is 609. The lowest BCUT2D eigenvalue weighted by Gasteiger charge is -2.30. The predicted octanol–water partition coefficient (Wildman–Crippen LogP) is 2.73. The van der Waals surface area contributed by atoms with Gasteiger partial charge in [0.1, 0.15) is 0 Å². The van der Waals surface area contributed by atoms with Gasteiger partial charge in [0.2, 0.25) is 10.0 Å². The van der Waals surface area contributed by atoms with Gasteiger partial charge in [0.15, 0.2) is 0 Å². The molecule has 0 bridgehead atoms. The zero-order chi connectivity index (χ0) is 15.0. The monoisotopic (exact) mass is 328 g/mol. The lowest BCUT2D eigenvalue weighted by atomic mass is 9.86. The second-order valence-electron chi connectivity index (χ2n) is 6.18. The van der Waals surface area contributed by atoms with E-state index >= 15 is 0 Å². The van der Waals surface area contributed by atoms with Gasteiger partial charge in [0.05, 0.1) is 4.90 Å². The van der Waals surface area contributed by atoms with Gasteiger partial charge in [-0.1, -0.05) is 12.8 Å². The van der Waals surface area contributed by atoms with Gasteiger partial charge in [-0.2, -0.15) is 4.31 Å². The van der Waals surface area contributed by atoms with Crippen LogP contribution in [0.15, 0.2) is 11.0 Å². The van der Waals surface area contributed by atoms with Crippen molar-refractivity contribution in [2.45, 2.75) is 56.5 Å². The van der Waals surface area contributed by atoms with Crippen LogP contribution in [0.4, 0.5) is 0 Å². The smallest absolute Gasteiger partial charge is 0.244 e. The molecule has 1 aliphatic carbocycles. The van der Waals surface area contributed by atoms with Crippen LogP contribution >= 0.6 is 11.3 Å². The Kier molecular flexibility index (Phi) is 4.41. The average Bonchev–Trinajstić information content (AvgIpc) is 3.03. The summed E-state index contributed by atoms with van der Waals surface area (Å²) in [5, 5.41) is 3.09. The summed E-state index contributed by atoms with van der Waals surface area (Å²) in [7, 11) is -1.44. The first-order chi connectivity index (χ1) is 10.0. The summed E-state index contributed by atoms with van der Waals surface area (Å²) in [5.74, 6) is 0.587. The van der Waals surface area contributed by atoms with Gasteiger partial charge in [-0.25, -0.2) is 8.42 Å². The van der Waals surface area contributed by atoms with E-state index in [1.54, 1.807) is 15.6 Å². The third-order valence-corrected chi connectivity index (χ3v) is 8.05. The number of nitrogens with one attached hydrogen (secondary N) is 1. The molecule has 1 saturated carbocycles. The molecule has 3 rings (SSSR count). The second kappa shape index (κ2) is 5.99. The molecule has 1 aromatic rings. The minimum Gasteiger partial charge on any atom is -0.315 e. The van der Waals surface area contributed by atoms with Gasteiger partial charge in [-0.3, -0.25) is 0 Å². The van der Waals surface area contributed by atoms with Crippen LogP contribution in [0.25, 0.3) is 0 Å². The molecule has 1 aliphatic heterocycles. The third kappa shape index (κ3) is 2.79. The highest BCUT2D eigenvalue weighted by Gasteiger charge is 2.42. The highest BCUT2D eigenvalue weighted by Crippen LogP contribution is 2.40. The zero-order valence-electron chi connectivity index (χ0n) is 12.8. The van der Waals surface area contributed by atoms with E-state index in [0.29, 0.717) is 17.4 Å². The summed E-state index contributed by atoms with van der Waals surface area (Å²) in [6, 6.07) is 2.11. The Morgan fingerprint density at radius 2 is 2.10 bits per heavy atom. The summed E-state index contributed by atoms with van der Waals surface area (Å²) in [6.45, 7) is 3.35. The van der Waals surface area contributed by atoms with E-state index in [4.69, 9.17) is 0 Å². The largest absolute Gasteiger partial charge is 0.315 e. The highest BCUT2D eigenvalue weighted by atomic mass is 32.2. The van der Waals surface area contributed by atoms with E-state index in [1.165, 1.54) is 19.3 Å². The van der Waals surface area contributed by atoms with E-state index in [1.807, 2.05) is 20.0 Å². The van der Waals surface area contributed by atoms with Crippen molar-refractivity contribution in [1.82, 2.24) is 9.62 Å². The van der Waals surface area contributed by atoms with Crippen molar-refractivity contribution in [3.63, 3.8) is 0 Å². The number of sulfonamides is 1. The number of hydrogen-bond acceptors (Lipinski definition) is 4. The van der Waals surface area contributed by atoms with Crippen molar-refractivity contribution >= 4 is 21.4 Å². The first-order valence-corrected chi connectivity index (χ1v) is 10.1. The van der Waals surface area contributed by atoms with Crippen LogP contribution in [0.2, 0.25) is 0 Å². The van der Waals surface area contributed by atoms with Gasteiger partial charge in [0, 0.05) is 28.9 Å². The maximum Gasteiger partial charge on any atom is 0.244 e. The van der Waals surface area contributed by atoms with Crippen molar-refractivity contribution < 1.29 is 8.42 Å². The molecule has 2 aliphatic rings. The minimum absolute atomic E-state index is 0.246. The summed E-state index contributed by atoms with van der Waals surface area (Å²) in [6.07, 6.45) is 5.71. The van der Waals surface area contributed by atoms with Crippen molar-refractivity contribution in [3.05, 3.63) is 15.8 Å². The van der Waals surface area contributed by atoms with Crippen LogP contribution < -0.4 is 5.32 Å². The number of hydrogen-bond donors (Lipinski definition) is 1. The standard InChI is InChI=1S/C15H24N2O2S2/c1-11-15(9-13(20-11)10-16-2)21(18,19)17-8-7-12-5-3-4-6-14(12)17/h9,12,14,16H,3-8,10H2,1-2H3. The fraction of sp³-hybridized carbons (Fsp3) is 0.733. The van der Waals surface area contributed by atoms with Crippen LogP contribution in [-0.4, -0.2) is 32.4 Å². The molecule has 2 atom stereocenters. The molecule has 4 nitrogen and oxygen atoms in total. The average molecular weight is 329 g/mol. The maximum absolute atomic E-state index is 13.0. The van der Waals surface area contributed by atoms with Gasteiger partial charge in [-0.05, 0) is 45.2 Å². The SMILES string of the molecule is CNCc1cc(S(=O)(=O)N2CCC3CCCCC32)c(C)s1. The van der Waals surface area contributed by atoms with E-state index in [-0.39, 0.29) is 6.04 Å². The van der Waals surface area contributed by atoms with Gasteiger partial charge in [-0.15, -0.1) is 11.3 Å². The predicted molar refractivity (Wildman–Crippen MR) is 86.1 cm³/mol. The molecule has 2 heterocycles. The Balaban J connectivity index is 1.90. The molecule has 21 heavy (non-hydrogen) atoms. The Morgan fingerprint density at radius 1 is 1.33 bits per heavy atom. The topological polar surface area (TPSA) is 49.4 Å². The molecule has 118 valence electrons. The van der Waals surface area contributed by atoms with Crippen LogP contribution in [0, 0.1) is 12.8 Å². The maximum atomic E-state index is 13.0. The Labute approximate surface area is 131 Å². The van der Waals surface area contributed by atoms with Crippen molar-refractivity contribution in [2.24, 2.45) is 5.92 Å². The minimum atomic E-state index is -3.32. The fourth-order valence-corrected chi connectivity index (χ4v) is 7.18. The van der Waals surface area contributed by atoms with Crippen LogP contribution in [0.1, 0.15) is 41.9 Å². The van der Waals surface area contributed by atoms with Gasteiger partial charge >= 0.3 is 0 Å². The molecule has 6 heteroatoms. The molecule has 0 amide bonds. The normalized spacial score (nSPS) is 27.0. The molecule has 0 aromatic carbocycles. The number of fused-ring (bicyclic) bond motifs is 1. The summed E-state index contributed by atoms with van der Waals surface area (Å²) < 4.78 is 27.9. The van der Waals surface area contributed by atoms with Gasteiger partial charge in [0.25, 0.3) is 0 Å². The molecule has 0 spiro atoms. The second-order valence-corrected chi connectivity index (χ2v) is 9.38. The first kappa shape index (κ1) is 15.5. The molecule has 1 N–H and O–H groups in total. The fourth-order valence-electron chi connectivity index (χ4n) is 3.83. The van der Waals surface area contributed by atoms with E-state index in [0.717, 1.165) is 29.1 Å². The molecule has 2 unspecified atom stereocenters. The summed E-state index contributed by atoms with van der Waals surface area (Å²) in [5.41, 5.74) is 0. The van der Waals surface area contributed by atoms with E-state index in [9.17, 15) is 8.42 Å². The zero-order valence-corrected chi connectivity index (χ0v) is 14.4. The van der Waals surface area contributed by atoms with Crippen molar-refractivity contribution in [1.29, 1.82) is 0 Å². The highest BCUT2D eigenvalue weighted by molar-refractivity contribution is 7.89. The van der Waals surface area contributed by atoms with Crippen LogP contribution in [-0.2, 0) is 16.6 Å². The number of aryl methyl sites for hydroxylation is 1. The lowest BCUT2D eigenvalue weighted by molar-refractivity contribution is 0.260. The van der Waals surface area contributed by atoms with Crippen LogP contribution in [0.5, 0.6) is 0 Å². The van der Waals surface area contributed by atoms with Crippen molar-refractivity contribution in [2.75, 3.05) is 13.6 Å². The van der Waals surface area contributed by atoms with Crippen molar-refractivity contribution in [3.8, 4) is 0 Å². The lowest BCUT2D eigenvalue weighted by Crippen LogP contribution is -2.39. The van der Waals surface area contributed by atoms with E-state index in [2.05, 4.69) is 5.32 Å². The van der Waals surface area contributed by atoms with E-state index < -0.39 is 10.0 Å².